The average Bonchev–Trinajstić information content (AvgIpc) is 2.35. The number of rotatable bonds is 6. The van der Waals surface area contributed by atoms with Gasteiger partial charge < -0.3 is 10.8 Å². The van der Waals surface area contributed by atoms with Gasteiger partial charge in [-0.2, -0.15) is 0 Å². The summed E-state index contributed by atoms with van der Waals surface area (Å²) in [5.41, 5.74) is 8.40. The lowest BCUT2D eigenvalue weighted by atomic mass is 9.95. The van der Waals surface area contributed by atoms with E-state index in [1.54, 1.807) is 0 Å². The Morgan fingerprint density at radius 2 is 1.67 bits per heavy atom. The first-order chi connectivity index (χ1) is 8.04. The Hall–Kier alpha value is -0.570. The van der Waals surface area contributed by atoms with Crippen LogP contribution in [0, 0.1) is 5.92 Å². The fourth-order valence-corrected chi connectivity index (χ4v) is 1.88. The fraction of sp³-hybridized carbons (Fsp3) is 0.600. The van der Waals surface area contributed by atoms with Gasteiger partial charge >= 0.3 is 0 Å². The highest BCUT2D eigenvalue weighted by Crippen LogP contribution is 2.20. The monoisotopic (exact) mass is 271 g/mol. The molecule has 0 unspecified atom stereocenters. The number of hydrogen-bond acceptors (Lipinski definition) is 2. The minimum atomic E-state index is -0.440. The summed E-state index contributed by atoms with van der Waals surface area (Å²) in [4.78, 5) is 0. The lowest BCUT2D eigenvalue weighted by Crippen LogP contribution is -2.26. The van der Waals surface area contributed by atoms with E-state index in [1.165, 1.54) is 5.56 Å². The van der Waals surface area contributed by atoms with Crippen molar-refractivity contribution in [3.8, 4) is 0 Å². The Bertz CT molecular complexity index is 324. The van der Waals surface area contributed by atoms with Crippen molar-refractivity contribution < 1.29 is 5.11 Å². The molecule has 2 atom stereocenters. The molecule has 0 bridgehead atoms. The first-order valence-corrected chi connectivity index (χ1v) is 6.57. The number of aliphatic hydroxyl groups excluding tert-OH is 1. The molecule has 0 saturated heterocycles. The van der Waals surface area contributed by atoms with E-state index in [9.17, 15) is 5.11 Å². The smallest absolute Gasteiger partial charge is 0.0732 e. The van der Waals surface area contributed by atoms with Crippen LogP contribution in [0.15, 0.2) is 24.3 Å². The zero-order valence-corrected chi connectivity index (χ0v) is 12.4. The van der Waals surface area contributed by atoms with Crippen LogP contribution >= 0.6 is 12.4 Å². The second-order valence-electron chi connectivity index (χ2n) is 5.16. The van der Waals surface area contributed by atoms with Crippen LogP contribution in [0.4, 0.5) is 0 Å². The Morgan fingerprint density at radius 1 is 1.11 bits per heavy atom. The molecule has 3 heteroatoms. The zero-order chi connectivity index (χ0) is 12.8. The van der Waals surface area contributed by atoms with Crippen LogP contribution in [0.5, 0.6) is 0 Å². The first kappa shape index (κ1) is 17.4. The van der Waals surface area contributed by atoms with E-state index in [1.807, 2.05) is 12.1 Å². The Kier molecular flexibility index (Phi) is 8.25. The van der Waals surface area contributed by atoms with E-state index in [0.717, 1.165) is 24.8 Å². The summed E-state index contributed by atoms with van der Waals surface area (Å²) in [6.45, 7) is 6.45. The maximum Gasteiger partial charge on any atom is 0.0732 e. The minimum Gasteiger partial charge on any atom is -0.391 e. The zero-order valence-electron chi connectivity index (χ0n) is 11.6. The Balaban J connectivity index is 0.00000289. The molecule has 0 saturated carbocycles. The lowest BCUT2D eigenvalue weighted by Gasteiger charge is -2.20. The maximum absolute atomic E-state index is 10.0. The molecule has 1 rings (SSSR count). The van der Waals surface area contributed by atoms with Gasteiger partial charge in [0.2, 0.25) is 0 Å². The van der Waals surface area contributed by atoms with E-state index in [2.05, 4.69) is 32.9 Å². The summed E-state index contributed by atoms with van der Waals surface area (Å²) in [7, 11) is 0. The molecule has 0 aliphatic carbocycles. The van der Waals surface area contributed by atoms with Crippen LogP contribution in [-0.2, 0) is 6.42 Å². The maximum atomic E-state index is 10.0. The highest BCUT2D eigenvalue weighted by molar-refractivity contribution is 5.85. The first-order valence-electron chi connectivity index (χ1n) is 6.57. The molecule has 0 heterocycles. The molecule has 104 valence electrons. The Labute approximate surface area is 117 Å². The van der Waals surface area contributed by atoms with Gasteiger partial charge in [0.25, 0.3) is 0 Å². The molecule has 1 aromatic rings. The number of aryl methyl sites for hydroxylation is 1. The molecular weight excluding hydrogens is 246 g/mol. The van der Waals surface area contributed by atoms with Crippen molar-refractivity contribution in [3.63, 3.8) is 0 Å². The largest absolute Gasteiger partial charge is 0.391 e. The van der Waals surface area contributed by atoms with Crippen molar-refractivity contribution in [1.29, 1.82) is 0 Å². The van der Waals surface area contributed by atoms with Gasteiger partial charge in [0.15, 0.2) is 0 Å². The second-order valence-corrected chi connectivity index (χ2v) is 5.16. The van der Waals surface area contributed by atoms with Gasteiger partial charge in [0.1, 0.15) is 0 Å². The molecular formula is C15H26ClNO. The highest BCUT2D eigenvalue weighted by Gasteiger charge is 2.16. The highest BCUT2D eigenvalue weighted by atomic mass is 35.5. The number of benzene rings is 1. The van der Waals surface area contributed by atoms with Gasteiger partial charge in [0, 0.05) is 0 Å². The molecule has 0 aliphatic heterocycles. The summed E-state index contributed by atoms with van der Waals surface area (Å²) < 4.78 is 0. The van der Waals surface area contributed by atoms with Gasteiger partial charge in [-0.15, -0.1) is 12.4 Å². The molecule has 0 fully saturated rings. The molecule has 0 amide bonds. The third-order valence-electron chi connectivity index (χ3n) is 3.23. The van der Waals surface area contributed by atoms with Crippen LogP contribution < -0.4 is 5.73 Å². The summed E-state index contributed by atoms with van der Waals surface area (Å²) in [6.07, 6.45) is 2.38. The van der Waals surface area contributed by atoms with Gasteiger partial charge in [-0.3, -0.25) is 0 Å². The summed E-state index contributed by atoms with van der Waals surface area (Å²) in [5.74, 6) is 0.610. The van der Waals surface area contributed by atoms with Crippen LogP contribution in [0.1, 0.15) is 50.8 Å². The SMILES string of the molecule is CCc1ccc([C@@H](N)[C@@H](O)CCC(C)C)cc1.Cl. The molecule has 0 radical (unpaired) electrons. The summed E-state index contributed by atoms with van der Waals surface area (Å²) in [5, 5.41) is 10.0. The number of aliphatic hydroxyl groups is 1. The molecule has 3 N–H and O–H groups in total. The minimum absolute atomic E-state index is 0. The van der Waals surface area contributed by atoms with E-state index >= 15 is 0 Å². The molecule has 2 nitrogen and oxygen atoms in total. The molecule has 0 aliphatic rings. The molecule has 0 spiro atoms. The van der Waals surface area contributed by atoms with Crippen molar-refractivity contribution >= 4 is 12.4 Å². The normalized spacial score (nSPS) is 14.1. The van der Waals surface area contributed by atoms with Crippen molar-refractivity contribution in [1.82, 2.24) is 0 Å². The van der Waals surface area contributed by atoms with Gasteiger partial charge in [-0.25, -0.2) is 0 Å². The van der Waals surface area contributed by atoms with Crippen LogP contribution in [0.2, 0.25) is 0 Å². The van der Waals surface area contributed by atoms with Gasteiger partial charge in [0.05, 0.1) is 12.1 Å². The van der Waals surface area contributed by atoms with Gasteiger partial charge in [-0.1, -0.05) is 45.0 Å². The number of hydrogen-bond donors (Lipinski definition) is 2. The summed E-state index contributed by atoms with van der Waals surface area (Å²) in [6, 6.07) is 7.97. The predicted molar refractivity (Wildman–Crippen MR) is 80.1 cm³/mol. The topological polar surface area (TPSA) is 46.2 Å². The molecule has 0 aromatic heterocycles. The Morgan fingerprint density at radius 3 is 2.11 bits per heavy atom. The molecule has 18 heavy (non-hydrogen) atoms. The van der Waals surface area contributed by atoms with E-state index in [-0.39, 0.29) is 18.4 Å². The van der Waals surface area contributed by atoms with Crippen LogP contribution in [-0.4, -0.2) is 11.2 Å². The van der Waals surface area contributed by atoms with E-state index in [4.69, 9.17) is 5.73 Å². The second kappa shape index (κ2) is 8.52. The van der Waals surface area contributed by atoms with Crippen molar-refractivity contribution in [2.45, 2.75) is 52.2 Å². The summed E-state index contributed by atoms with van der Waals surface area (Å²) >= 11 is 0. The fourth-order valence-electron chi connectivity index (χ4n) is 1.88. The van der Waals surface area contributed by atoms with Crippen LogP contribution in [0.3, 0.4) is 0 Å². The van der Waals surface area contributed by atoms with E-state index in [0.29, 0.717) is 5.92 Å². The molecule has 1 aromatic carbocycles. The third kappa shape index (κ3) is 5.38. The lowest BCUT2D eigenvalue weighted by molar-refractivity contribution is 0.128. The van der Waals surface area contributed by atoms with Crippen LogP contribution in [0.25, 0.3) is 0 Å². The average molecular weight is 272 g/mol. The van der Waals surface area contributed by atoms with Crippen molar-refractivity contribution in [3.05, 3.63) is 35.4 Å². The predicted octanol–water partition coefficient (Wildman–Crippen LogP) is 3.47. The standard InChI is InChI=1S/C15H25NO.ClH/c1-4-12-6-8-13(9-7-12)15(16)14(17)10-5-11(2)3;/h6-9,11,14-15,17H,4-5,10,16H2,1-3H3;1H/t14-,15+;/m0./s1. The number of halogens is 1. The third-order valence-corrected chi connectivity index (χ3v) is 3.23. The number of nitrogens with two attached hydrogens (primary N) is 1. The van der Waals surface area contributed by atoms with Crippen molar-refractivity contribution in [2.24, 2.45) is 11.7 Å². The van der Waals surface area contributed by atoms with Crippen molar-refractivity contribution in [2.75, 3.05) is 0 Å². The quantitative estimate of drug-likeness (QED) is 0.832. The van der Waals surface area contributed by atoms with E-state index < -0.39 is 6.10 Å². The van der Waals surface area contributed by atoms with Gasteiger partial charge in [-0.05, 0) is 36.3 Å².